The molecule has 0 fully saturated rings. The number of pyridine rings is 1. The summed E-state index contributed by atoms with van der Waals surface area (Å²) in [5.41, 5.74) is 5.15. The van der Waals surface area contributed by atoms with Crippen LogP contribution < -0.4 is 0 Å². The minimum absolute atomic E-state index is 0.633. The van der Waals surface area contributed by atoms with Crippen molar-refractivity contribution in [2.45, 2.75) is 0 Å². The lowest BCUT2D eigenvalue weighted by Crippen LogP contribution is -2.00. The zero-order chi connectivity index (χ0) is 20.2. The third kappa shape index (κ3) is 3.71. The largest absolute Gasteiger partial charge is 0.265 e. The van der Waals surface area contributed by atoms with E-state index in [1.54, 1.807) is 12.4 Å². The monoisotopic (exact) mass is 386 g/mol. The van der Waals surface area contributed by atoms with Crippen LogP contribution in [0.4, 0.5) is 0 Å². The molecule has 0 aliphatic heterocycles. The van der Waals surface area contributed by atoms with Gasteiger partial charge in [-0.1, -0.05) is 84.9 Å². The number of hydrogen-bond donors (Lipinski definition) is 0. The van der Waals surface area contributed by atoms with Gasteiger partial charge in [0.05, 0.1) is 0 Å². The van der Waals surface area contributed by atoms with Crippen molar-refractivity contribution in [1.29, 1.82) is 0 Å². The summed E-state index contributed by atoms with van der Waals surface area (Å²) in [6.07, 6.45) is 3.49. The van der Waals surface area contributed by atoms with Gasteiger partial charge in [-0.25, -0.2) is 15.0 Å². The highest BCUT2D eigenvalue weighted by Gasteiger charge is 2.12. The Morgan fingerprint density at radius 1 is 0.333 bits per heavy atom. The number of aromatic nitrogens is 4. The fraction of sp³-hybridized carbons (Fsp3) is 0. The Morgan fingerprint density at radius 3 is 1.23 bits per heavy atom. The van der Waals surface area contributed by atoms with Crippen LogP contribution in [0.15, 0.2) is 109 Å². The van der Waals surface area contributed by atoms with E-state index in [4.69, 9.17) is 15.0 Å². The molecule has 0 amide bonds. The van der Waals surface area contributed by atoms with Gasteiger partial charge in [-0.2, -0.15) is 0 Å². The molecule has 0 saturated heterocycles. The third-order valence-corrected chi connectivity index (χ3v) is 4.86. The molecule has 0 aliphatic carbocycles. The van der Waals surface area contributed by atoms with E-state index in [1.165, 1.54) is 5.56 Å². The smallest absolute Gasteiger partial charge is 0.164 e. The second-order valence-electron chi connectivity index (χ2n) is 6.85. The van der Waals surface area contributed by atoms with Crippen molar-refractivity contribution in [3.63, 3.8) is 0 Å². The Morgan fingerprint density at radius 2 is 0.700 bits per heavy atom. The fourth-order valence-electron chi connectivity index (χ4n) is 3.29. The summed E-state index contributed by atoms with van der Waals surface area (Å²) in [5, 5.41) is 0. The van der Waals surface area contributed by atoms with Gasteiger partial charge in [-0.3, -0.25) is 4.98 Å². The van der Waals surface area contributed by atoms with Crippen molar-refractivity contribution in [2.75, 3.05) is 0 Å². The van der Waals surface area contributed by atoms with Gasteiger partial charge in [-0.05, 0) is 23.3 Å². The second kappa shape index (κ2) is 8.05. The summed E-state index contributed by atoms with van der Waals surface area (Å²) >= 11 is 0. The van der Waals surface area contributed by atoms with Gasteiger partial charge in [0.2, 0.25) is 0 Å². The van der Waals surface area contributed by atoms with E-state index in [0.717, 1.165) is 22.3 Å². The quantitative estimate of drug-likeness (QED) is 0.384. The number of rotatable bonds is 4. The lowest BCUT2D eigenvalue weighted by Gasteiger charge is -2.09. The van der Waals surface area contributed by atoms with Gasteiger partial charge >= 0.3 is 0 Å². The summed E-state index contributed by atoms with van der Waals surface area (Å²) in [6.45, 7) is 0. The van der Waals surface area contributed by atoms with Crippen LogP contribution in [-0.2, 0) is 0 Å². The Kier molecular flexibility index (Phi) is 4.80. The second-order valence-corrected chi connectivity index (χ2v) is 6.85. The summed E-state index contributed by atoms with van der Waals surface area (Å²) in [7, 11) is 0. The molecule has 30 heavy (non-hydrogen) atoms. The average molecular weight is 386 g/mol. The zero-order valence-corrected chi connectivity index (χ0v) is 16.2. The lowest BCUT2D eigenvalue weighted by molar-refractivity contribution is 1.07. The molecule has 0 N–H and O–H groups in total. The van der Waals surface area contributed by atoms with Crippen LogP contribution in [0.25, 0.3) is 45.3 Å². The molecule has 3 aromatic carbocycles. The van der Waals surface area contributed by atoms with Crippen LogP contribution in [0.3, 0.4) is 0 Å². The topological polar surface area (TPSA) is 51.6 Å². The van der Waals surface area contributed by atoms with Crippen molar-refractivity contribution in [2.24, 2.45) is 0 Å². The predicted octanol–water partition coefficient (Wildman–Crippen LogP) is 5.93. The van der Waals surface area contributed by atoms with Gasteiger partial charge in [0.1, 0.15) is 0 Å². The van der Waals surface area contributed by atoms with Gasteiger partial charge in [0, 0.05) is 29.1 Å². The number of benzene rings is 3. The summed E-state index contributed by atoms with van der Waals surface area (Å²) in [5.74, 6) is 1.93. The van der Waals surface area contributed by atoms with Crippen LogP contribution >= 0.6 is 0 Å². The number of hydrogen-bond acceptors (Lipinski definition) is 4. The molecule has 0 spiro atoms. The Balaban J connectivity index is 1.60. The summed E-state index contributed by atoms with van der Waals surface area (Å²) < 4.78 is 0. The first-order valence-electron chi connectivity index (χ1n) is 9.74. The molecule has 142 valence electrons. The van der Waals surface area contributed by atoms with E-state index in [0.29, 0.717) is 17.5 Å². The first-order chi connectivity index (χ1) is 14.9. The van der Waals surface area contributed by atoms with Crippen LogP contribution in [0.2, 0.25) is 0 Å². The Bertz CT molecular complexity index is 1200. The van der Waals surface area contributed by atoms with E-state index in [2.05, 4.69) is 41.4 Å². The summed E-state index contributed by atoms with van der Waals surface area (Å²) in [6, 6.07) is 32.4. The fourth-order valence-corrected chi connectivity index (χ4v) is 3.29. The molecule has 0 radical (unpaired) electrons. The normalized spacial score (nSPS) is 10.7. The first kappa shape index (κ1) is 17.9. The van der Waals surface area contributed by atoms with Gasteiger partial charge in [-0.15, -0.1) is 0 Å². The molecule has 5 aromatic rings. The van der Waals surface area contributed by atoms with Crippen molar-refractivity contribution in [3.8, 4) is 45.3 Å². The average Bonchev–Trinajstić information content (AvgIpc) is 2.85. The molecule has 0 aliphatic rings. The molecule has 2 aromatic heterocycles. The van der Waals surface area contributed by atoms with E-state index < -0.39 is 0 Å². The van der Waals surface area contributed by atoms with Crippen LogP contribution in [-0.4, -0.2) is 19.9 Å². The predicted molar refractivity (Wildman–Crippen MR) is 119 cm³/mol. The third-order valence-electron chi connectivity index (χ3n) is 4.86. The molecule has 0 saturated carbocycles. The van der Waals surface area contributed by atoms with E-state index in [-0.39, 0.29) is 0 Å². The van der Waals surface area contributed by atoms with E-state index >= 15 is 0 Å². The molecule has 0 atom stereocenters. The van der Waals surface area contributed by atoms with Crippen molar-refractivity contribution < 1.29 is 0 Å². The first-order valence-corrected chi connectivity index (χ1v) is 9.74. The molecule has 0 unspecified atom stereocenters. The van der Waals surface area contributed by atoms with E-state index in [9.17, 15) is 0 Å². The molecule has 4 nitrogen and oxygen atoms in total. The zero-order valence-electron chi connectivity index (χ0n) is 16.2. The Labute approximate surface area is 175 Å². The van der Waals surface area contributed by atoms with Gasteiger partial charge in [0.15, 0.2) is 17.5 Å². The SMILES string of the molecule is c1ccc(-c2ccc(-c3nc(-c4ccccc4)nc(-c4ccncc4)n3)cc2)cc1. The van der Waals surface area contributed by atoms with Crippen LogP contribution in [0, 0.1) is 0 Å². The standard InChI is InChI=1S/C26H18N4/c1-3-7-19(8-4-1)20-11-13-22(14-12-20)25-28-24(21-9-5-2-6-10-21)29-26(30-25)23-15-17-27-18-16-23/h1-18H. The highest BCUT2D eigenvalue weighted by atomic mass is 15.0. The van der Waals surface area contributed by atoms with E-state index in [1.807, 2.05) is 60.7 Å². The molecular formula is C26H18N4. The highest BCUT2D eigenvalue weighted by Crippen LogP contribution is 2.26. The van der Waals surface area contributed by atoms with Gasteiger partial charge < -0.3 is 0 Å². The summed E-state index contributed by atoms with van der Waals surface area (Å²) in [4.78, 5) is 18.3. The molecule has 0 bridgehead atoms. The minimum Gasteiger partial charge on any atom is -0.265 e. The minimum atomic E-state index is 0.633. The highest BCUT2D eigenvalue weighted by molar-refractivity contribution is 5.70. The Hall–Kier alpha value is -4.18. The van der Waals surface area contributed by atoms with Crippen molar-refractivity contribution >= 4 is 0 Å². The van der Waals surface area contributed by atoms with Gasteiger partial charge in [0.25, 0.3) is 0 Å². The van der Waals surface area contributed by atoms with Crippen molar-refractivity contribution in [1.82, 2.24) is 19.9 Å². The molecule has 2 heterocycles. The maximum Gasteiger partial charge on any atom is 0.164 e. The van der Waals surface area contributed by atoms with Crippen LogP contribution in [0.1, 0.15) is 0 Å². The molecule has 5 rings (SSSR count). The maximum absolute atomic E-state index is 4.76. The van der Waals surface area contributed by atoms with Crippen LogP contribution in [0.5, 0.6) is 0 Å². The molecular weight excluding hydrogens is 368 g/mol. The molecule has 4 heteroatoms. The van der Waals surface area contributed by atoms with Crippen molar-refractivity contribution in [3.05, 3.63) is 109 Å². The number of nitrogens with zero attached hydrogens (tertiary/aromatic N) is 4. The maximum atomic E-state index is 4.76. The lowest BCUT2D eigenvalue weighted by atomic mass is 10.0.